The fourth-order valence-electron chi connectivity index (χ4n) is 9.32. The zero-order valence-electron chi connectivity index (χ0n) is 44.8. The van der Waals surface area contributed by atoms with E-state index in [-0.39, 0.29) is 43.4 Å². The van der Waals surface area contributed by atoms with Crippen molar-refractivity contribution in [2.75, 3.05) is 29.5 Å². The Hall–Kier alpha value is -9.29. The van der Waals surface area contributed by atoms with Gasteiger partial charge in [-0.1, -0.05) is 102 Å². The Bertz CT molecular complexity index is 4080. The van der Waals surface area contributed by atoms with Crippen LogP contribution in [0, 0.1) is 13.8 Å². The van der Waals surface area contributed by atoms with Gasteiger partial charge in [0.15, 0.2) is 12.1 Å². The number of carbonyl (C=O) groups is 8. The molecule has 0 spiro atoms. The molecule has 82 heavy (non-hydrogen) atoms. The van der Waals surface area contributed by atoms with Gasteiger partial charge >= 0.3 is 12.1 Å². The number of imide groups is 2. The van der Waals surface area contributed by atoms with Crippen molar-refractivity contribution in [3.8, 4) is 5.69 Å². The zero-order chi connectivity index (χ0) is 59.1. The van der Waals surface area contributed by atoms with Gasteiger partial charge in [0.25, 0.3) is 33.7 Å². The maximum atomic E-state index is 14.2. The van der Waals surface area contributed by atoms with E-state index in [9.17, 15) is 46.8 Å². The molecule has 2 saturated heterocycles. The first-order valence-electron chi connectivity index (χ1n) is 25.0. The third kappa shape index (κ3) is 10.9. The molecule has 8 aromatic rings. The highest BCUT2D eigenvalue weighted by atomic mass is 35.5. The van der Waals surface area contributed by atoms with E-state index >= 15 is 0 Å². The summed E-state index contributed by atoms with van der Waals surface area (Å²) in [6, 6.07) is 32.7. The lowest BCUT2D eigenvalue weighted by Gasteiger charge is -2.24. The molecule has 22 nitrogen and oxygen atoms in total. The quantitative estimate of drug-likeness (QED) is 0.0432. The van der Waals surface area contributed by atoms with Crippen molar-refractivity contribution in [3.05, 3.63) is 172 Å². The second kappa shape index (κ2) is 22.7. The number of urea groups is 2. The first-order valence-corrected chi connectivity index (χ1v) is 27.3. The maximum absolute atomic E-state index is 14.2. The van der Waals surface area contributed by atoms with Crippen molar-refractivity contribution in [2.45, 2.75) is 56.4 Å². The number of ketones is 2. The number of likely N-dealkylation sites (N-methyl/N-ethyl adjacent to an activating group) is 1. The molecule has 0 bridgehead atoms. The van der Waals surface area contributed by atoms with Crippen LogP contribution in [0.15, 0.2) is 144 Å². The number of ether oxygens (including phenoxy) is 1. The molecule has 2 aliphatic heterocycles. The number of methoxy groups -OCH3 is 1. The molecule has 0 radical (unpaired) electrons. The fraction of sp³-hybridized carbons (Fsp3) is 0.193. The summed E-state index contributed by atoms with van der Waals surface area (Å²) in [6.07, 6.45) is -1.29. The van der Waals surface area contributed by atoms with Crippen molar-refractivity contribution in [1.82, 2.24) is 39.6 Å². The average molecular weight is 1170 g/mol. The van der Waals surface area contributed by atoms with E-state index in [4.69, 9.17) is 27.9 Å². The van der Waals surface area contributed by atoms with Crippen molar-refractivity contribution in [1.29, 1.82) is 0 Å². The van der Waals surface area contributed by atoms with Crippen LogP contribution in [0.1, 0.15) is 46.0 Å². The summed E-state index contributed by atoms with van der Waals surface area (Å²) in [6.45, 7) is 6.33. The van der Waals surface area contributed by atoms with Crippen LogP contribution in [-0.2, 0) is 41.0 Å². The molecule has 10 rings (SSSR count). The average Bonchev–Trinajstić information content (AvgIpc) is 3.14. The number of carbonyl (C=O) groups excluding carboxylic acids is 8. The predicted molar refractivity (Wildman–Crippen MR) is 305 cm³/mol. The number of halogens is 2. The number of nitrogens with zero attached hydrogens (tertiary/aromatic N) is 7. The van der Waals surface area contributed by atoms with Gasteiger partial charge in [0.2, 0.25) is 17.8 Å². The number of anilines is 3. The highest BCUT2D eigenvalue weighted by molar-refractivity contribution is 7.92. The van der Waals surface area contributed by atoms with E-state index in [1.807, 2.05) is 37.3 Å². The Kier molecular flexibility index (Phi) is 15.9. The number of rotatable bonds is 15. The summed E-state index contributed by atoms with van der Waals surface area (Å²) >= 11 is 12.4. The first-order chi connectivity index (χ1) is 38.9. The number of para-hydroxylation sites is 4. The summed E-state index contributed by atoms with van der Waals surface area (Å²) in [5.74, 6) is -5.31. The minimum Gasteiger partial charge on any atom is -0.353 e. The Morgan fingerprint density at radius 1 is 0.659 bits per heavy atom. The van der Waals surface area contributed by atoms with Gasteiger partial charge in [-0.2, -0.15) is 10.2 Å². The molecule has 0 aliphatic carbocycles. The highest BCUT2D eigenvalue weighted by Gasteiger charge is 2.54. The minimum absolute atomic E-state index is 0.0435. The van der Waals surface area contributed by atoms with Crippen LogP contribution >= 0.6 is 23.2 Å². The van der Waals surface area contributed by atoms with Crippen molar-refractivity contribution in [3.63, 3.8) is 0 Å². The largest absolute Gasteiger partial charge is 0.353 e. The number of hydrogen-bond donors (Lipinski definition) is 4. The number of Topliss-reactive ketones (excluding diaryl/α,β-unsaturated/α-hetero) is 2. The number of aromatic nitrogens is 4. The van der Waals surface area contributed by atoms with Crippen LogP contribution in [0.3, 0.4) is 0 Å². The van der Waals surface area contributed by atoms with E-state index in [1.165, 1.54) is 63.0 Å². The number of sulfonamides is 1. The molecule has 2 aliphatic rings. The summed E-state index contributed by atoms with van der Waals surface area (Å²) in [5, 5.41) is 17.8. The molecule has 25 heteroatoms. The van der Waals surface area contributed by atoms with Gasteiger partial charge in [0.1, 0.15) is 16.9 Å². The lowest BCUT2D eigenvalue weighted by atomic mass is 10.0. The Morgan fingerprint density at radius 3 is 1.84 bits per heavy atom. The molecule has 6 aromatic carbocycles. The van der Waals surface area contributed by atoms with Crippen LogP contribution < -0.4 is 20.7 Å². The molecule has 3 atom stereocenters. The van der Waals surface area contributed by atoms with Crippen molar-refractivity contribution >= 4 is 119 Å². The molecule has 2 aromatic heterocycles. The SMILES string of the molecule is COC1C(=O)N(C(C(=O)Nc2cc(C)ccc2Cl)C(=O)c2nn(-c3ccccc3)c3ccccc23)C(=O)N1C.Cc1ccc(S(=O)(=O)Nc2ccccc2Cl)cc1NC(=O)C(C(=O)c1nn(C)c2ccccc12)N1C(=O)NC(C)(C)C1=O. The molecular formula is C57H51Cl2N11O11S. The number of nitrogens with one attached hydrogen (secondary N) is 4. The smallest absolute Gasteiger partial charge is 0.330 e. The molecule has 4 N–H and O–H groups in total. The van der Waals surface area contributed by atoms with E-state index in [0.717, 1.165) is 10.5 Å². The van der Waals surface area contributed by atoms with E-state index in [1.54, 1.807) is 97.5 Å². The van der Waals surface area contributed by atoms with Gasteiger partial charge < -0.3 is 20.7 Å². The van der Waals surface area contributed by atoms with Gasteiger partial charge in [-0.15, -0.1) is 0 Å². The summed E-state index contributed by atoms with van der Waals surface area (Å²) in [7, 11) is 0.0775. The van der Waals surface area contributed by atoms with Crippen molar-refractivity contribution < 1.29 is 51.5 Å². The van der Waals surface area contributed by atoms with Gasteiger partial charge in [-0.05, 0) is 99.5 Å². The monoisotopic (exact) mass is 1170 g/mol. The molecule has 8 amide bonds. The standard InChI is InChI=1S/C29H27ClN6O6S.C28H24ClN5O5/c1-16-13-14-17(43(41,42)34-20-11-7-6-10-19(20)30)15-21(16)31-26(38)24(36-27(39)29(2,3)32-28(36)40)25(37)23-18-9-5-8-12-22(18)35(4)33-23;1-16-13-14-19(29)20(15-16)30-25(36)23(33-26(37)27(39-3)32(2)28(33)38)24(35)22-18-11-7-8-12-21(18)34(31-22)17-9-5-4-6-10-17/h5-15,24,34H,1-4H3,(H,31,38)(H,32,40);4-15,23,27H,1-3H3,(H,30,36). The van der Waals surface area contributed by atoms with Crippen LogP contribution in [-0.4, -0.2) is 128 Å². The number of hydrogen-bond acceptors (Lipinski definition) is 13. The third-order valence-corrected chi connectivity index (χ3v) is 15.5. The fourth-order valence-corrected chi connectivity index (χ4v) is 10.8. The number of aryl methyl sites for hydroxylation is 3. The predicted octanol–water partition coefficient (Wildman–Crippen LogP) is 7.90. The Labute approximate surface area is 478 Å². The highest BCUT2D eigenvalue weighted by Crippen LogP contribution is 2.32. The molecule has 4 heterocycles. The van der Waals surface area contributed by atoms with E-state index < -0.39 is 81.1 Å². The normalized spacial score (nSPS) is 15.7. The second-order valence-corrected chi connectivity index (χ2v) is 22.1. The third-order valence-electron chi connectivity index (χ3n) is 13.5. The van der Waals surface area contributed by atoms with E-state index in [2.05, 4.69) is 30.9 Å². The minimum atomic E-state index is -4.15. The van der Waals surface area contributed by atoms with Gasteiger partial charge in [0.05, 0.1) is 43.0 Å². The molecule has 3 unspecified atom stereocenters. The summed E-state index contributed by atoms with van der Waals surface area (Å²) in [5.41, 5.74) is 2.02. The molecule has 0 saturated carbocycles. The van der Waals surface area contributed by atoms with Crippen LogP contribution in [0.4, 0.5) is 26.7 Å². The lowest BCUT2D eigenvalue weighted by Crippen LogP contribution is -2.53. The first kappa shape index (κ1) is 57.4. The molecule has 420 valence electrons. The molecular weight excluding hydrogens is 1120 g/mol. The zero-order valence-corrected chi connectivity index (χ0v) is 47.1. The summed E-state index contributed by atoms with van der Waals surface area (Å²) in [4.78, 5) is 111. The second-order valence-electron chi connectivity index (χ2n) is 19.6. The van der Waals surface area contributed by atoms with Crippen molar-refractivity contribution in [2.24, 2.45) is 7.05 Å². The van der Waals surface area contributed by atoms with E-state index in [0.29, 0.717) is 42.9 Å². The molecule has 2 fully saturated rings. The lowest BCUT2D eigenvalue weighted by molar-refractivity contribution is -0.141. The Morgan fingerprint density at radius 2 is 1.22 bits per heavy atom. The maximum Gasteiger partial charge on any atom is 0.330 e. The van der Waals surface area contributed by atoms with Crippen LogP contribution in [0.2, 0.25) is 10.0 Å². The van der Waals surface area contributed by atoms with Gasteiger partial charge in [-0.3, -0.25) is 43.1 Å². The van der Waals surface area contributed by atoms with Crippen LogP contribution in [0.25, 0.3) is 27.5 Å². The topological polar surface area (TPSA) is 273 Å². The number of amides is 8. The van der Waals surface area contributed by atoms with Gasteiger partial charge in [-0.25, -0.2) is 32.5 Å². The summed E-state index contributed by atoms with van der Waals surface area (Å²) < 4.78 is 36.9. The Balaban J connectivity index is 0.000000198. The van der Waals surface area contributed by atoms with Gasteiger partial charge in [0, 0.05) is 37.7 Å². The number of benzene rings is 6. The number of fused-ring (bicyclic) bond motifs is 2. The van der Waals surface area contributed by atoms with Crippen LogP contribution in [0.5, 0.6) is 0 Å².